The number of nitrogens with two attached hydrogens (primary N) is 1. The zero-order valence-electron chi connectivity index (χ0n) is 20.8. The van der Waals surface area contributed by atoms with Crippen molar-refractivity contribution < 1.29 is 55.2 Å². The number of carbonyl (C=O) groups excluding carboxylic acids is 2. The second-order valence-corrected chi connectivity index (χ2v) is 10.3. The molecule has 3 aliphatic heterocycles. The van der Waals surface area contributed by atoms with E-state index in [2.05, 4.69) is 14.8 Å². The number of rotatable bonds is 6. The summed E-state index contributed by atoms with van der Waals surface area (Å²) in [6, 6.07) is 8.89. The van der Waals surface area contributed by atoms with Crippen molar-refractivity contribution in [2.75, 3.05) is 13.7 Å². The van der Waals surface area contributed by atoms with Crippen molar-refractivity contribution in [3.63, 3.8) is 0 Å². The van der Waals surface area contributed by atoms with Crippen LogP contribution in [0, 0.1) is 5.41 Å². The van der Waals surface area contributed by atoms with Crippen LogP contribution in [-0.4, -0.2) is 49.9 Å². The van der Waals surface area contributed by atoms with Gasteiger partial charge in [0.15, 0.2) is 23.2 Å². The molecule has 1 saturated heterocycles. The molecule has 1 aliphatic carbocycles. The monoisotopic (exact) mass is 570 g/mol. The number of hydrogen-bond donors (Lipinski definition) is 2. The molecule has 0 aromatic heterocycles. The molecule has 2 amide bonds. The summed E-state index contributed by atoms with van der Waals surface area (Å²) in [5.74, 6) is -2.48. The third-order valence-corrected chi connectivity index (χ3v) is 8.22. The van der Waals surface area contributed by atoms with Crippen molar-refractivity contribution in [1.82, 2.24) is 5.32 Å². The Morgan fingerprint density at radius 3 is 2.33 bits per heavy atom. The van der Waals surface area contributed by atoms with Crippen molar-refractivity contribution in [3.8, 4) is 17.2 Å². The first-order chi connectivity index (χ1) is 18.8. The Hall–Kier alpha value is -3.65. The minimum absolute atomic E-state index is 0.0709. The van der Waals surface area contributed by atoms with Gasteiger partial charge in [0.05, 0.1) is 18.1 Å². The van der Waals surface area contributed by atoms with E-state index in [1.54, 1.807) is 12.1 Å². The predicted octanol–water partition coefficient (Wildman–Crippen LogP) is 3.46. The fourth-order valence-electron chi connectivity index (χ4n) is 5.91. The van der Waals surface area contributed by atoms with Crippen molar-refractivity contribution in [1.29, 1.82) is 0 Å². The van der Waals surface area contributed by atoms with Crippen LogP contribution in [0.1, 0.15) is 36.4 Å². The number of carbonyl (C=O) groups is 2. The summed E-state index contributed by atoms with van der Waals surface area (Å²) < 4.78 is 95.9. The molecule has 214 valence electrons. The molecule has 14 heteroatoms. The first-order valence-corrected chi connectivity index (χ1v) is 12.3. The maximum absolute atomic E-state index is 14.7. The second-order valence-electron chi connectivity index (χ2n) is 10.3. The third kappa shape index (κ3) is 3.58. The maximum atomic E-state index is 14.7. The molecule has 2 fully saturated rings. The first-order valence-electron chi connectivity index (χ1n) is 12.3. The molecule has 2 aromatic carbocycles. The van der Waals surface area contributed by atoms with E-state index in [1.165, 1.54) is 30.3 Å². The van der Waals surface area contributed by atoms with Crippen molar-refractivity contribution in [3.05, 3.63) is 53.6 Å². The summed E-state index contributed by atoms with van der Waals surface area (Å²) in [4.78, 5) is 26.6. The molecular weight excluding hydrogens is 547 g/mol. The lowest BCUT2D eigenvalue weighted by Gasteiger charge is -2.58. The van der Waals surface area contributed by atoms with E-state index in [9.17, 15) is 31.5 Å². The van der Waals surface area contributed by atoms with E-state index in [-0.39, 0.29) is 17.2 Å². The average molecular weight is 570 g/mol. The fraction of sp³-hybridized carbons (Fsp3) is 0.462. The van der Waals surface area contributed by atoms with Gasteiger partial charge in [-0.2, -0.15) is 13.2 Å². The largest absolute Gasteiger partial charge is 0.586 e. The van der Waals surface area contributed by atoms with E-state index < -0.39 is 66.1 Å². The zero-order valence-corrected chi connectivity index (χ0v) is 20.8. The summed E-state index contributed by atoms with van der Waals surface area (Å²) in [5.41, 5.74) is -0.466. The molecule has 4 atom stereocenters. The minimum Gasteiger partial charge on any atom is -0.476 e. The standard InChI is InChI=1S/C26H23F5N2O7/c1-36-21-23(12-37-21,25(27,28)29)24(19(32)34)11-15(14-4-2-3-5-16(14)38-24)33-20(35)22(8-9-22)13-6-7-17-18(10-13)40-26(30,31)39-17/h2-7,10,15,21H,8-9,11-12H2,1H3,(H2,32,34)(H,33,35)/t15-,21-,23+,24+/m1/s1. The number of nitrogens with one attached hydrogen (secondary N) is 1. The number of primary amides is 1. The van der Waals surface area contributed by atoms with E-state index in [0.29, 0.717) is 24.0 Å². The van der Waals surface area contributed by atoms with Crippen LogP contribution in [-0.2, 0) is 24.5 Å². The fourth-order valence-corrected chi connectivity index (χ4v) is 5.91. The van der Waals surface area contributed by atoms with Crippen molar-refractivity contribution >= 4 is 11.8 Å². The Morgan fingerprint density at radius 2 is 1.73 bits per heavy atom. The number of para-hydroxylation sites is 1. The molecule has 1 saturated carbocycles. The predicted molar refractivity (Wildman–Crippen MR) is 123 cm³/mol. The highest BCUT2D eigenvalue weighted by atomic mass is 19.4. The van der Waals surface area contributed by atoms with Gasteiger partial charge in [-0.3, -0.25) is 9.59 Å². The molecule has 6 rings (SSSR count). The Labute approximate surface area is 223 Å². The molecule has 0 radical (unpaired) electrons. The van der Waals surface area contributed by atoms with Gasteiger partial charge >= 0.3 is 12.5 Å². The number of alkyl halides is 5. The molecule has 4 aliphatic rings. The average Bonchev–Trinajstić information content (AvgIpc) is 3.60. The molecule has 0 unspecified atom stereocenters. The normalized spacial score (nSPS) is 30.9. The van der Waals surface area contributed by atoms with Gasteiger partial charge < -0.3 is 34.7 Å². The Morgan fingerprint density at radius 1 is 1.02 bits per heavy atom. The van der Waals surface area contributed by atoms with E-state index in [4.69, 9.17) is 19.9 Å². The highest BCUT2D eigenvalue weighted by Gasteiger charge is 2.81. The second kappa shape index (κ2) is 8.43. The minimum atomic E-state index is -5.05. The van der Waals surface area contributed by atoms with Gasteiger partial charge in [-0.15, -0.1) is 8.78 Å². The number of amides is 2. The summed E-state index contributed by atoms with van der Waals surface area (Å²) in [6.45, 7) is -0.952. The summed E-state index contributed by atoms with van der Waals surface area (Å²) in [7, 11) is 1.01. The van der Waals surface area contributed by atoms with E-state index in [0.717, 1.165) is 7.11 Å². The third-order valence-electron chi connectivity index (χ3n) is 8.22. The molecular formula is C26H23F5N2O7. The van der Waals surface area contributed by atoms with Gasteiger partial charge in [0.1, 0.15) is 5.75 Å². The quantitative estimate of drug-likeness (QED) is 0.511. The van der Waals surface area contributed by atoms with Gasteiger partial charge in [-0.25, -0.2) is 0 Å². The lowest BCUT2D eigenvalue weighted by molar-refractivity contribution is -0.427. The number of fused-ring (bicyclic) bond motifs is 2. The topological polar surface area (TPSA) is 118 Å². The van der Waals surface area contributed by atoms with E-state index in [1.807, 2.05) is 0 Å². The highest BCUT2D eigenvalue weighted by Crippen LogP contribution is 2.61. The maximum Gasteiger partial charge on any atom is 0.586 e. The molecule has 0 bridgehead atoms. The molecule has 3 heterocycles. The van der Waals surface area contributed by atoms with Crippen LogP contribution in [0.4, 0.5) is 22.0 Å². The SMILES string of the molecule is CO[C@@H]1OC[C@@]1(C(F)(F)F)[C@@]1(C(N)=O)C[C@@H](NC(=O)C2(c3ccc4c(c3)OC(F)(F)O4)CC2)c2ccccc2O1. The van der Waals surface area contributed by atoms with Gasteiger partial charge in [-0.05, 0) is 36.6 Å². The zero-order chi connectivity index (χ0) is 28.7. The van der Waals surface area contributed by atoms with Gasteiger partial charge in [0.25, 0.3) is 5.91 Å². The van der Waals surface area contributed by atoms with Crippen LogP contribution in [0.5, 0.6) is 17.2 Å². The van der Waals surface area contributed by atoms with Crippen LogP contribution < -0.4 is 25.3 Å². The van der Waals surface area contributed by atoms with Crippen LogP contribution in [0.3, 0.4) is 0 Å². The molecule has 2 aromatic rings. The number of ether oxygens (including phenoxy) is 5. The van der Waals surface area contributed by atoms with Crippen LogP contribution in [0.25, 0.3) is 0 Å². The van der Waals surface area contributed by atoms with Gasteiger partial charge in [0.2, 0.25) is 11.5 Å². The number of hydrogen-bond acceptors (Lipinski definition) is 7. The molecule has 40 heavy (non-hydrogen) atoms. The number of methoxy groups -OCH3 is 1. The summed E-state index contributed by atoms with van der Waals surface area (Å²) in [6.07, 6.45) is -10.8. The van der Waals surface area contributed by atoms with Crippen molar-refractivity contribution in [2.45, 2.75) is 55.1 Å². The van der Waals surface area contributed by atoms with Crippen molar-refractivity contribution in [2.24, 2.45) is 11.1 Å². The molecule has 9 nitrogen and oxygen atoms in total. The number of benzene rings is 2. The molecule has 0 spiro atoms. The lowest BCUT2D eigenvalue weighted by atomic mass is 9.63. The Kier molecular flexibility index (Phi) is 5.60. The highest BCUT2D eigenvalue weighted by molar-refractivity contribution is 5.92. The molecule has 3 N–H and O–H groups in total. The Bertz CT molecular complexity index is 1400. The van der Waals surface area contributed by atoms with E-state index >= 15 is 0 Å². The van der Waals surface area contributed by atoms with Crippen LogP contribution in [0.2, 0.25) is 0 Å². The van der Waals surface area contributed by atoms with Crippen LogP contribution >= 0.6 is 0 Å². The summed E-state index contributed by atoms with van der Waals surface area (Å²) >= 11 is 0. The smallest absolute Gasteiger partial charge is 0.476 e. The van der Waals surface area contributed by atoms with Crippen LogP contribution in [0.15, 0.2) is 42.5 Å². The number of halogens is 5. The van der Waals surface area contributed by atoms with Gasteiger partial charge in [-0.1, -0.05) is 24.3 Å². The Balaban J connectivity index is 1.37. The summed E-state index contributed by atoms with van der Waals surface area (Å²) in [5, 5.41) is 2.78. The lowest BCUT2D eigenvalue weighted by Crippen LogP contribution is -2.78. The van der Waals surface area contributed by atoms with Gasteiger partial charge in [0, 0.05) is 19.1 Å². The first kappa shape index (κ1) is 26.6.